The van der Waals surface area contributed by atoms with Crippen LogP contribution in [0.4, 0.5) is 0 Å². The first-order chi connectivity index (χ1) is 8.69. The van der Waals surface area contributed by atoms with E-state index in [1.165, 1.54) is 7.11 Å². The number of halogens is 1. The minimum Gasteiger partial charge on any atom is -0.467 e. The number of hydrogen-bond acceptors (Lipinski definition) is 4. The number of hydrogen-bond donors (Lipinski definition) is 2. The summed E-state index contributed by atoms with van der Waals surface area (Å²) in [5, 5.41) is 2.65. The van der Waals surface area contributed by atoms with E-state index in [-0.39, 0.29) is 18.3 Å². The number of nitrogens with two attached hydrogens (primary N) is 1. The molecular weight excluding hydrogens is 268 g/mol. The lowest BCUT2D eigenvalue weighted by molar-refractivity contribution is -0.145. The standard InChI is InChI=1S/C13H18N2O3.ClH/c1-18-13(17)12(10-6-3-2-4-7-10)15-11(16)8-5-9-14;/h2-4,6-7,12H,5,8-9,14H2,1H3,(H,15,16);1H. The fraction of sp³-hybridized carbons (Fsp3) is 0.385. The molecule has 1 aromatic carbocycles. The predicted octanol–water partition coefficient (Wildman–Crippen LogP) is 1.18. The molecule has 6 heteroatoms. The monoisotopic (exact) mass is 286 g/mol. The molecule has 0 aliphatic heterocycles. The van der Waals surface area contributed by atoms with Gasteiger partial charge in [0.1, 0.15) is 0 Å². The van der Waals surface area contributed by atoms with Crippen molar-refractivity contribution < 1.29 is 14.3 Å². The van der Waals surface area contributed by atoms with Gasteiger partial charge in [0.15, 0.2) is 6.04 Å². The molecule has 0 radical (unpaired) electrons. The van der Waals surface area contributed by atoms with Gasteiger partial charge in [-0.15, -0.1) is 12.4 Å². The van der Waals surface area contributed by atoms with Crippen molar-refractivity contribution in [2.24, 2.45) is 5.73 Å². The molecule has 0 aliphatic carbocycles. The third-order valence-corrected chi connectivity index (χ3v) is 2.48. The number of carbonyl (C=O) groups excluding carboxylic acids is 2. The Hall–Kier alpha value is -1.59. The molecule has 0 aliphatic rings. The minimum atomic E-state index is -0.763. The highest BCUT2D eigenvalue weighted by Crippen LogP contribution is 2.14. The molecule has 106 valence electrons. The van der Waals surface area contributed by atoms with Crippen molar-refractivity contribution in [3.63, 3.8) is 0 Å². The average Bonchev–Trinajstić information content (AvgIpc) is 2.42. The molecule has 0 heterocycles. The number of carbonyl (C=O) groups is 2. The topological polar surface area (TPSA) is 81.4 Å². The summed E-state index contributed by atoms with van der Waals surface area (Å²) in [6.45, 7) is 0.446. The normalized spacial score (nSPS) is 11.1. The zero-order chi connectivity index (χ0) is 13.4. The lowest BCUT2D eigenvalue weighted by Crippen LogP contribution is -2.34. The first-order valence-corrected chi connectivity index (χ1v) is 5.81. The lowest BCUT2D eigenvalue weighted by atomic mass is 10.1. The van der Waals surface area contributed by atoms with Crippen molar-refractivity contribution in [1.29, 1.82) is 0 Å². The van der Waals surface area contributed by atoms with Crippen molar-refractivity contribution in [2.75, 3.05) is 13.7 Å². The second kappa shape index (κ2) is 9.35. The molecule has 0 spiro atoms. The summed E-state index contributed by atoms with van der Waals surface area (Å²) in [5.41, 5.74) is 6.03. The van der Waals surface area contributed by atoms with Crippen LogP contribution in [0.5, 0.6) is 0 Å². The SMILES string of the molecule is COC(=O)C(NC(=O)CCCN)c1ccccc1.Cl. The lowest BCUT2D eigenvalue weighted by Gasteiger charge is -2.16. The summed E-state index contributed by atoms with van der Waals surface area (Å²) in [5.74, 6) is -0.693. The van der Waals surface area contributed by atoms with E-state index < -0.39 is 12.0 Å². The Balaban J connectivity index is 0.00000324. The van der Waals surface area contributed by atoms with Crippen LogP contribution in [-0.4, -0.2) is 25.5 Å². The van der Waals surface area contributed by atoms with Crippen LogP contribution in [0.3, 0.4) is 0 Å². The van der Waals surface area contributed by atoms with Crippen LogP contribution < -0.4 is 11.1 Å². The van der Waals surface area contributed by atoms with Crippen LogP contribution in [0, 0.1) is 0 Å². The second-order valence-corrected chi connectivity index (χ2v) is 3.83. The molecule has 0 fully saturated rings. The van der Waals surface area contributed by atoms with Crippen molar-refractivity contribution >= 4 is 24.3 Å². The van der Waals surface area contributed by atoms with Crippen LogP contribution in [0.1, 0.15) is 24.4 Å². The van der Waals surface area contributed by atoms with Gasteiger partial charge >= 0.3 is 5.97 Å². The fourth-order valence-corrected chi connectivity index (χ4v) is 1.54. The van der Waals surface area contributed by atoms with Crippen LogP contribution in [-0.2, 0) is 14.3 Å². The molecule has 0 saturated heterocycles. The quantitative estimate of drug-likeness (QED) is 0.770. The number of esters is 1. The van der Waals surface area contributed by atoms with Gasteiger partial charge in [0.25, 0.3) is 0 Å². The number of benzene rings is 1. The molecule has 5 nitrogen and oxygen atoms in total. The van der Waals surface area contributed by atoms with Gasteiger partial charge in [0, 0.05) is 6.42 Å². The molecular formula is C13H19ClN2O3. The Morgan fingerprint density at radius 2 is 1.95 bits per heavy atom. The van der Waals surface area contributed by atoms with Crippen LogP contribution in [0.15, 0.2) is 30.3 Å². The molecule has 19 heavy (non-hydrogen) atoms. The van der Waals surface area contributed by atoms with Crippen molar-refractivity contribution in [3.8, 4) is 0 Å². The molecule has 1 aromatic rings. The maximum atomic E-state index is 11.7. The Morgan fingerprint density at radius 3 is 2.47 bits per heavy atom. The van der Waals surface area contributed by atoms with E-state index in [0.717, 1.165) is 0 Å². The Labute approximate surface area is 118 Å². The van der Waals surface area contributed by atoms with E-state index in [9.17, 15) is 9.59 Å². The smallest absolute Gasteiger partial charge is 0.333 e. The Morgan fingerprint density at radius 1 is 1.32 bits per heavy atom. The molecule has 1 rings (SSSR count). The number of rotatable bonds is 6. The predicted molar refractivity (Wildman–Crippen MR) is 74.9 cm³/mol. The largest absolute Gasteiger partial charge is 0.467 e. The van der Waals surface area contributed by atoms with Crippen LogP contribution >= 0.6 is 12.4 Å². The van der Waals surface area contributed by atoms with Crippen LogP contribution in [0.25, 0.3) is 0 Å². The Kier molecular flexibility index (Phi) is 8.57. The van der Waals surface area contributed by atoms with E-state index in [4.69, 9.17) is 10.5 Å². The van der Waals surface area contributed by atoms with Gasteiger partial charge in [-0.1, -0.05) is 30.3 Å². The van der Waals surface area contributed by atoms with E-state index in [1.807, 2.05) is 6.07 Å². The number of amides is 1. The van der Waals surface area contributed by atoms with Gasteiger partial charge in [0.2, 0.25) is 5.91 Å². The van der Waals surface area contributed by atoms with Gasteiger partial charge in [0.05, 0.1) is 7.11 Å². The highest BCUT2D eigenvalue weighted by molar-refractivity contribution is 5.85. The van der Waals surface area contributed by atoms with Crippen molar-refractivity contribution in [3.05, 3.63) is 35.9 Å². The average molecular weight is 287 g/mol. The fourth-order valence-electron chi connectivity index (χ4n) is 1.54. The number of methoxy groups -OCH3 is 1. The third kappa shape index (κ3) is 5.72. The summed E-state index contributed by atoms with van der Waals surface area (Å²) in [7, 11) is 1.30. The first-order valence-electron chi connectivity index (χ1n) is 5.81. The maximum Gasteiger partial charge on any atom is 0.333 e. The van der Waals surface area contributed by atoms with Gasteiger partial charge in [-0.25, -0.2) is 4.79 Å². The molecule has 0 saturated carbocycles. The van der Waals surface area contributed by atoms with Gasteiger partial charge < -0.3 is 15.8 Å². The van der Waals surface area contributed by atoms with E-state index >= 15 is 0 Å². The molecule has 0 bridgehead atoms. The third-order valence-electron chi connectivity index (χ3n) is 2.48. The minimum absolute atomic E-state index is 0. The highest BCUT2D eigenvalue weighted by atomic mass is 35.5. The molecule has 1 atom stereocenters. The molecule has 0 aromatic heterocycles. The zero-order valence-corrected chi connectivity index (χ0v) is 11.6. The molecule has 1 amide bonds. The van der Waals surface area contributed by atoms with Crippen LogP contribution in [0.2, 0.25) is 0 Å². The molecule has 3 N–H and O–H groups in total. The van der Waals surface area contributed by atoms with Crippen molar-refractivity contribution in [1.82, 2.24) is 5.32 Å². The maximum absolute atomic E-state index is 11.7. The molecule has 1 unspecified atom stereocenters. The highest BCUT2D eigenvalue weighted by Gasteiger charge is 2.22. The number of nitrogens with one attached hydrogen (secondary N) is 1. The van der Waals surface area contributed by atoms with E-state index in [2.05, 4.69) is 5.32 Å². The van der Waals surface area contributed by atoms with E-state index in [0.29, 0.717) is 24.9 Å². The van der Waals surface area contributed by atoms with Gasteiger partial charge in [-0.3, -0.25) is 4.79 Å². The number of ether oxygens (including phenoxy) is 1. The zero-order valence-electron chi connectivity index (χ0n) is 10.8. The summed E-state index contributed by atoms with van der Waals surface area (Å²) >= 11 is 0. The summed E-state index contributed by atoms with van der Waals surface area (Å²) in [6, 6.07) is 8.22. The van der Waals surface area contributed by atoms with Gasteiger partial charge in [-0.2, -0.15) is 0 Å². The van der Waals surface area contributed by atoms with Gasteiger partial charge in [-0.05, 0) is 18.5 Å². The summed E-state index contributed by atoms with van der Waals surface area (Å²) in [6.07, 6.45) is 0.894. The summed E-state index contributed by atoms with van der Waals surface area (Å²) in [4.78, 5) is 23.3. The van der Waals surface area contributed by atoms with Crippen molar-refractivity contribution in [2.45, 2.75) is 18.9 Å². The Bertz CT molecular complexity index is 398. The summed E-state index contributed by atoms with van der Waals surface area (Å²) < 4.78 is 4.69. The first kappa shape index (κ1) is 17.4. The van der Waals surface area contributed by atoms with E-state index in [1.54, 1.807) is 24.3 Å². The second-order valence-electron chi connectivity index (χ2n) is 3.83.